The molecule has 0 spiro atoms. The number of sulfonamides is 1. The van der Waals surface area contributed by atoms with E-state index in [0.29, 0.717) is 0 Å². The minimum absolute atomic E-state index is 0.125. The molecule has 1 aliphatic carbocycles. The van der Waals surface area contributed by atoms with Gasteiger partial charge in [-0.2, -0.15) is 0 Å². The van der Waals surface area contributed by atoms with Crippen LogP contribution in [-0.2, 0) is 10.0 Å². The summed E-state index contributed by atoms with van der Waals surface area (Å²) in [4.78, 5) is 0. The normalized spacial score (nSPS) is 17.9. The van der Waals surface area contributed by atoms with Crippen molar-refractivity contribution in [2.24, 2.45) is 0 Å². The van der Waals surface area contributed by atoms with Gasteiger partial charge in [-0.05, 0) is 24.5 Å². The van der Waals surface area contributed by atoms with Gasteiger partial charge in [0.15, 0.2) is 0 Å². The first-order valence-corrected chi connectivity index (χ1v) is 7.46. The highest BCUT2D eigenvalue weighted by Gasteiger charge is 2.19. The lowest BCUT2D eigenvalue weighted by Gasteiger charge is -2.09. The maximum Gasteiger partial charge on any atom is 0.233 e. The van der Waals surface area contributed by atoms with Gasteiger partial charge in [0, 0.05) is 11.4 Å². The molecule has 4 heteroatoms. The SMILES string of the molecule is O=S(=O)(C=Cc1ccccc1)NC1CCCC1. The molecule has 0 saturated heterocycles. The van der Waals surface area contributed by atoms with E-state index in [1.807, 2.05) is 30.3 Å². The van der Waals surface area contributed by atoms with Crippen molar-refractivity contribution in [2.45, 2.75) is 31.7 Å². The van der Waals surface area contributed by atoms with E-state index in [4.69, 9.17) is 0 Å². The maximum absolute atomic E-state index is 11.8. The fourth-order valence-corrected chi connectivity index (χ4v) is 3.16. The lowest BCUT2D eigenvalue weighted by atomic mass is 10.2. The van der Waals surface area contributed by atoms with Gasteiger partial charge in [0.1, 0.15) is 0 Å². The first-order chi connectivity index (χ1) is 8.16. The molecule has 0 amide bonds. The van der Waals surface area contributed by atoms with Gasteiger partial charge in [-0.3, -0.25) is 0 Å². The number of nitrogens with one attached hydrogen (secondary N) is 1. The number of hydrogen-bond acceptors (Lipinski definition) is 2. The highest BCUT2D eigenvalue weighted by molar-refractivity contribution is 7.92. The second-order valence-electron chi connectivity index (χ2n) is 4.36. The van der Waals surface area contributed by atoms with Crippen LogP contribution in [0.2, 0.25) is 0 Å². The van der Waals surface area contributed by atoms with Crippen molar-refractivity contribution in [1.82, 2.24) is 4.72 Å². The summed E-state index contributed by atoms with van der Waals surface area (Å²) in [5.41, 5.74) is 0.893. The number of benzene rings is 1. The molecular weight excluding hydrogens is 234 g/mol. The Kier molecular flexibility index (Phi) is 3.97. The van der Waals surface area contributed by atoms with Crippen molar-refractivity contribution in [2.75, 3.05) is 0 Å². The average Bonchev–Trinajstić information content (AvgIpc) is 2.80. The Morgan fingerprint density at radius 1 is 1.12 bits per heavy atom. The van der Waals surface area contributed by atoms with Crippen LogP contribution in [0.1, 0.15) is 31.2 Å². The molecule has 0 radical (unpaired) electrons. The molecule has 2 rings (SSSR count). The van der Waals surface area contributed by atoms with Gasteiger partial charge in [-0.1, -0.05) is 43.2 Å². The van der Waals surface area contributed by atoms with Crippen LogP contribution >= 0.6 is 0 Å². The van der Waals surface area contributed by atoms with Crippen LogP contribution in [-0.4, -0.2) is 14.5 Å². The maximum atomic E-state index is 11.8. The van der Waals surface area contributed by atoms with E-state index in [1.54, 1.807) is 6.08 Å². The van der Waals surface area contributed by atoms with Gasteiger partial charge in [0.25, 0.3) is 0 Å². The summed E-state index contributed by atoms with van der Waals surface area (Å²) >= 11 is 0. The van der Waals surface area contributed by atoms with Crippen molar-refractivity contribution in [3.8, 4) is 0 Å². The smallest absolute Gasteiger partial charge is 0.209 e. The summed E-state index contributed by atoms with van der Waals surface area (Å²) in [6.07, 6.45) is 5.78. The highest BCUT2D eigenvalue weighted by Crippen LogP contribution is 2.18. The molecule has 3 nitrogen and oxygen atoms in total. The quantitative estimate of drug-likeness (QED) is 0.893. The lowest BCUT2D eigenvalue weighted by Crippen LogP contribution is -2.30. The van der Waals surface area contributed by atoms with Crippen molar-refractivity contribution in [1.29, 1.82) is 0 Å². The van der Waals surface area contributed by atoms with Crippen LogP contribution in [0, 0.1) is 0 Å². The molecular formula is C13H17NO2S. The topological polar surface area (TPSA) is 46.2 Å². The second kappa shape index (κ2) is 5.47. The third kappa shape index (κ3) is 3.98. The van der Waals surface area contributed by atoms with Crippen LogP contribution in [0.5, 0.6) is 0 Å². The van der Waals surface area contributed by atoms with Crippen LogP contribution < -0.4 is 4.72 Å². The summed E-state index contributed by atoms with van der Waals surface area (Å²) in [6.45, 7) is 0. The zero-order chi connectivity index (χ0) is 12.1. The van der Waals surface area contributed by atoms with Crippen molar-refractivity contribution < 1.29 is 8.42 Å². The Morgan fingerprint density at radius 3 is 2.41 bits per heavy atom. The van der Waals surface area contributed by atoms with E-state index < -0.39 is 10.0 Å². The van der Waals surface area contributed by atoms with Crippen molar-refractivity contribution in [3.05, 3.63) is 41.3 Å². The van der Waals surface area contributed by atoms with E-state index in [0.717, 1.165) is 31.2 Å². The Bertz CT molecular complexity index is 473. The molecule has 1 aromatic carbocycles. The molecule has 0 bridgehead atoms. The summed E-state index contributed by atoms with van der Waals surface area (Å²) in [5, 5.41) is 1.25. The summed E-state index contributed by atoms with van der Waals surface area (Å²) < 4.78 is 26.2. The summed E-state index contributed by atoms with van der Waals surface area (Å²) in [7, 11) is -3.29. The molecule has 1 aliphatic rings. The zero-order valence-corrected chi connectivity index (χ0v) is 10.5. The van der Waals surface area contributed by atoms with E-state index in [9.17, 15) is 8.42 Å². The molecule has 1 aromatic rings. The Labute approximate surface area is 103 Å². The highest BCUT2D eigenvalue weighted by atomic mass is 32.2. The van der Waals surface area contributed by atoms with Crippen molar-refractivity contribution in [3.63, 3.8) is 0 Å². The molecule has 0 heterocycles. The largest absolute Gasteiger partial charge is 0.233 e. The molecule has 1 fully saturated rings. The third-order valence-corrected chi connectivity index (χ3v) is 4.08. The molecule has 0 aromatic heterocycles. The van der Waals surface area contributed by atoms with Gasteiger partial charge in [0.05, 0.1) is 0 Å². The van der Waals surface area contributed by atoms with Gasteiger partial charge < -0.3 is 0 Å². The van der Waals surface area contributed by atoms with Crippen LogP contribution in [0.4, 0.5) is 0 Å². The number of rotatable bonds is 4. The van der Waals surface area contributed by atoms with E-state index in [1.165, 1.54) is 5.41 Å². The summed E-state index contributed by atoms with van der Waals surface area (Å²) in [5.74, 6) is 0. The molecule has 0 aliphatic heterocycles. The van der Waals surface area contributed by atoms with E-state index in [2.05, 4.69) is 4.72 Å². The van der Waals surface area contributed by atoms with Crippen LogP contribution in [0.25, 0.3) is 6.08 Å². The van der Waals surface area contributed by atoms with E-state index in [-0.39, 0.29) is 6.04 Å². The Hall–Kier alpha value is -1.13. The second-order valence-corrected chi connectivity index (χ2v) is 5.96. The van der Waals surface area contributed by atoms with Gasteiger partial charge in [-0.25, -0.2) is 13.1 Å². The standard InChI is InChI=1S/C13H17NO2S/c15-17(16,14-13-8-4-5-9-13)11-10-12-6-2-1-3-7-12/h1-3,6-7,10-11,13-14H,4-5,8-9H2. The van der Waals surface area contributed by atoms with Gasteiger partial charge >= 0.3 is 0 Å². The van der Waals surface area contributed by atoms with Crippen LogP contribution in [0.15, 0.2) is 35.7 Å². The average molecular weight is 251 g/mol. The molecule has 92 valence electrons. The fourth-order valence-electron chi connectivity index (χ4n) is 2.05. The number of hydrogen-bond donors (Lipinski definition) is 1. The minimum atomic E-state index is -3.29. The lowest BCUT2D eigenvalue weighted by molar-refractivity contribution is 0.561. The zero-order valence-electron chi connectivity index (χ0n) is 9.67. The Balaban J connectivity index is 1.99. The third-order valence-electron chi connectivity index (χ3n) is 2.93. The molecule has 0 atom stereocenters. The van der Waals surface area contributed by atoms with E-state index >= 15 is 0 Å². The molecule has 17 heavy (non-hydrogen) atoms. The van der Waals surface area contributed by atoms with Crippen LogP contribution in [0.3, 0.4) is 0 Å². The predicted octanol–water partition coefficient (Wildman–Crippen LogP) is 2.52. The first kappa shape index (κ1) is 12.3. The molecule has 0 unspecified atom stereocenters. The fraction of sp³-hybridized carbons (Fsp3) is 0.385. The molecule has 1 N–H and O–H groups in total. The van der Waals surface area contributed by atoms with Gasteiger partial charge in [-0.15, -0.1) is 0 Å². The Morgan fingerprint density at radius 2 is 1.76 bits per heavy atom. The molecule has 1 saturated carbocycles. The monoisotopic (exact) mass is 251 g/mol. The first-order valence-electron chi connectivity index (χ1n) is 5.91. The van der Waals surface area contributed by atoms with Gasteiger partial charge in [0.2, 0.25) is 10.0 Å². The minimum Gasteiger partial charge on any atom is -0.209 e. The van der Waals surface area contributed by atoms with Crippen molar-refractivity contribution >= 4 is 16.1 Å². The summed E-state index contributed by atoms with van der Waals surface area (Å²) in [6, 6.07) is 9.56. The predicted molar refractivity (Wildman–Crippen MR) is 69.8 cm³/mol.